The van der Waals surface area contributed by atoms with Gasteiger partial charge in [0.25, 0.3) is 0 Å². The lowest BCUT2D eigenvalue weighted by molar-refractivity contribution is -0.187. The smallest absolute Gasteiger partial charge is 0.228 e. The molecule has 32 heavy (non-hydrogen) atoms. The van der Waals surface area contributed by atoms with E-state index in [1.807, 2.05) is 0 Å². The number of benzene rings is 1. The lowest BCUT2D eigenvalue weighted by atomic mass is 9.94. The molecule has 1 aromatic carbocycles. The summed E-state index contributed by atoms with van der Waals surface area (Å²) in [6.07, 6.45) is 1.33. The maximum absolute atomic E-state index is 14.3. The first kappa shape index (κ1) is 21.6. The number of ether oxygens (including phenoxy) is 2. The van der Waals surface area contributed by atoms with Gasteiger partial charge in [-0.3, -0.25) is 4.79 Å². The molecule has 0 aliphatic carbocycles. The van der Waals surface area contributed by atoms with E-state index in [-0.39, 0.29) is 31.4 Å². The van der Waals surface area contributed by atoms with Crippen molar-refractivity contribution in [3.8, 4) is 0 Å². The van der Waals surface area contributed by atoms with Gasteiger partial charge in [0.2, 0.25) is 5.91 Å². The van der Waals surface area contributed by atoms with Crippen LogP contribution in [0.3, 0.4) is 0 Å². The number of halogens is 4. The minimum atomic E-state index is -1.44. The average molecular weight is 471 g/mol. The van der Waals surface area contributed by atoms with Crippen LogP contribution >= 0.6 is 12.2 Å². The number of H-pyrrole nitrogens is 1. The largest absolute Gasteiger partial charge is 0.347 e. The number of imidazole rings is 1. The summed E-state index contributed by atoms with van der Waals surface area (Å²) in [6, 6.07) is 0.199. The van der Waals surface area contributed by atoms with E-state index >= 15 is 0 Å². The fourth-order valence-corrected chi connectivity index (χ4v) is 5.24. The van der Waals surface area contributed by atoms with E-state index < -0.39 is 40.5 Å². The Hall–Kier alpha value is -2.24. The van der Waals surface area contributed by atoms with Crippen molar-refractivity contribution in [1.29, 1.82) is 0 Å². The molecule has 0 bridgehead atoms. The number of carbonyl (C=O) groups is 1. The molecule has 3 aliphatic heterocycles. The Balaban J connectivity index is 1.32. The van der Waals surface area contributed by atoms with Crippen LogP contribution in [-0.4, -0.2) is 52.4 Å². The van der Waals surface area contributed by atoms with Gasteiger partial charge in [0.05, 0.1) is 19.6 Å². The van der Waals surface area contributed by atoms with Crippen molar-refractivity contribution < 1.29 is 31.8 Å². The maximum atomic E-state index is 14.3. The standard InChI is InChI=1S/C21H21F4N3O3S/c22-12-8-13(23)19(25)17(18(12)24)11-7-15-14(26-20(32)28(15)10-11)9-16(29)27-3-1-21(2-4-27)30-5-6-31-21/h8,11H,1-7,9-10H2,(H,26,32)/t11-/m0/s1. The van der Waals surface area contributed by atoms with Gasteiger partial charge in [0.1, 0.15) is 0 Å². The summed E-state index contributed by atoms with van der Waals surface area (Å²) in [5, 5.41) is 0. The number of hydrogen-bond acceptors (Lipinski definition) is 4. The molecular weight excluding hydrogens is 450 g/mol. The van der Waals surface area contributed by atoms with Crippen LogP contribution in [0.4, 0.5) is 17.6 Å². The summed E-state index contributed by atoms with van der Waals surface area (Å²) >= 11 is 5.31. The second-order valence-corrected chi connectivity index (χ2v) is 8.80. The third-order valence-electron chi connectivity index (χ3n) is 6.59. The summed E-state index contributed by atoms with van der Waals surface area (Å²) in [5.41, 5.74) is 0.539. The highest BCUT2D eigenvalue weighted by Crippen LogP contribution is 2.36. The van der Waals surface area contributed by atoms with E-state index in [0.29, 0.717) is 55.3 Å². The minimum absolute atomic E-state index is 0.0376. The predicted molar refractivity (Wildman–Crippen MR) is 106 cm³/mol. The number of aromatic amines is 1. The number of piperidine rings is 1. The molecule has 1 aromatic heterocycles. The van der Waals surface area contributed by atoms with E-state index in [2.05, 4.69) is 4.98 Å². The van der Waals surface area contributed by atoms with Crippen LogP contribution in [0.2, 0.25) is 0 Å². The van der Waals surface area contributed by atoms with Crippen molar-refractivity contribution >= 4 is 18.1 Å². The highest BCUT2D eigenvalue weighted by molar-refractivity contribution is 7.71. The number of hydrogen-bond donors (Lipinski definition) is 1. The molecular formula is C21H21F4N3O3S. The summed E-state index contributed by atoms with van der Waals surface area (Å²) in [7, 11) is 0. The minimum Gasteiger partial charge on any atom is -0.347 e. The fourth-order valence-electron chi connectivity index (χ4n) is 4.93. The molecule has 6 nitrogen and oxygen atoms in total. The van der Waals surface area contributed by atoms with Gasteiger partial charge in [-0.1, -0.05) is 0 Å². The average Bonchev–Trinajstić information content (AvgIpc) is 3.46. The molecule has 1 atom stereocenters. The molecule has 1 amide bonds. The number of aromatic nitrogens is 2. The first-order chi connectivity index (χ1) is 15.3. The second kappa shape index (κ2) is 7.96. The van der Waals surface area contributed by atoms with Gasteiger partial charge in [0.15, 0.2) is 33.8 Å². The lowest BCUT2D eigenvalue weighted by Gasteiger charge is -2.37. The normalized spacial score (nSPS) is 22.0. The first-order valence-electron chi connectivity index (χ1n) is 10.5. The Bertz CT molecular complexity index is 1110. The van der Waals surface area contributed by atoms with Crippen LogP contribution < -0.4 is 0 Å². The predicted octanol–water partition coefficient (Wildman–Crippen LogP) is 3.35. The molecule has 0 radical (unpaired) electrons. The summed E-state index contributed by atoms with van der Waals surface area (Å²) in [6.45, 7) is 2.17. The molecule has 11 heteroatoms. The molecule has 3 aliphatic rings. The molecule has 0 unspecified atom stereocenters. The summed E-state index contributed by atoms with van der Waals surface area (Å²) in [5.74, 6) is -7.20. The van der Waals surface area contributed by atoms with Crippen molar-refractivity contribution in [3.05, 3.63) is 51.1 Å². The maximum Gasteiger partial charge on any atom is 0.228 e. The number of nitrogens with zero attached hydrogens (tertiary/aromatic N) is 2. The van der Waals surface area contributed by atoms with E-state index in [0.717, 1.165) is 0 Å². The molecule has 4 heterocycles. The Labute approximate surface area is 186 Å². The van der Waals surface area contributed by atoms with Crippen LogP contribution in [0, 0.1) is 28.0 Å². The van der Waals surface area contributed by atoms with Gasteiger partial charge in [-0.15, -0.1) is 0 Å². The quantitative estimate of drug-likeness (QED) is 0.424. The second-order valence-electron chi connectivity index (χ2n) is 8.41. The third-order valence-corrected chi connectivity index (χ3v) is 6.92. The Morgan fingerprint density at radius 2 is 1.75 bits per heavy atom. The van der Waals surface area contributed by atoms with Crippen molar-refractivity contribution in [1.82, 2.24) is 14.5 Å². The zero-order valence-corrected chi connectivity index (χ0v) is 17.9. The molecule has 0 saturated carbocycles. The SMILES string of the molecule is O=C(Cc1[nH]c(=S)n2c1C[C@H](c1c(F)c(F)cc(F)c1F)C2)N1CCC2(CC1)OCCO2. The van der Waals surface area contributed by atoms with E-state index in [4.69, 9.17) is 21.7 Å². The molecule has 1 N–H and O–H groups in total. The molecule has 2 aromatic rings. The summed E-state index contributed by atoms with van der Waals surface area (Å²) < 4.78 is 69.3. The van der Waals surface area contributed by atoms with Gasteiger partial charge < -0.3 is 23.9 Å². The number of amides is 1. The number of nitrogens with one attached hydrogen (secondary N) is 1. The van der Waals surface area contributed by atoms with Crippen molar-refractivity contribution in [2.24, 2.45) is 0 Å². The van der Waals surface area contributed by atoms with Gasteiger partial charge >= 0.3 is 0 Å². The van der Waals surface area contributed by atoms with Crippen molar-refractivity contribution in [3.63, 3.8) is 0 Å². The van der Waals surface area contributed by atoms with Crippen LogP contribution in [0.25, 0.3) is 0 Å². The van der Waals surface area contributed by atoms with E-state index in [9.17, 15) is 22.4 Å². The zero-order valence-electron chi connectivity index (χ0n) is 17.1. The summed E-state index contributed by atoms with van der Waals surface area (Å²) in [4.78, 5) is 17.6. The Morgan fingerprint density at radius 3 is 2.38 bits per heavy atom. The van der Waals surface area contributed by atoms with Gasteiger partial charge in [0, 0.05) is 61.4 Å². The van der Waals surface area contributed by atoms with Crippen molar-refractivity contribution in [2.75, 3.05) is 26.3 Å². The third kappa shape index (κ3) is 3.56. The highest BCUT2D eigenvalue weighted by atomic mass is 32.1. The molecule has 2 fully saturated rings. The Kier molecular flexibility index (Phi) is 5.37. The lowest BCUT2D eigenvalue weighted by Crippen LogP contribution is -2.47. The number of fused-ring (bicyclic) bond motifs is 1. The Morgan fingerprint density at radius 1 is 1.12 bits per heavy atom. The van der Waals surface area contributed by atoms with Crippen LogP contribution in [0.15, 0.2) is 6.07 Å². The zero-order chi connectivity index (χ0) is 22.6. The molecule has 172 valence electrons. The monoisotopic (exact) mass is 471 g/mol. The molecule has 1 spiro atoms. The number of rotatable bonds is 3. The van der Waals surface area contributed by atoms with Gasteiger partial charge in [-0.2, -0.15) is 0 Å². The molecule has 2 saturated heterocycles. The fraction of sp³-hybridized carbons (Fsp3) is 0.524. The number of carbonyl (C=O) groups excluding carboxylic acids is 1. The van der Waals surface area contributed by atoms with Crippen LogP contribution in [0.1, 0.15) is 35.7 Å². The highest BCUT2D eigenvalue weighted by Gasteiger charge is 2.41. The molecule has 5 rings (SSSR count). The van der Waals surface area contributed by atoms with Crippen LogP contribution in [-0.2, 0) is 33.7 Å². The van der Waals surface area contributed by atoms with E-state index in [1.165, 1.54) is 0 Å². The topological polar surface area (TPSA) is 59.5 Å². The first-order valence-corrected chi connectivity index (χ1v) is 10.9. The number of likely N-dealkylation sites (tertiary alicyclic amines) is 1. The van der Waals surface area contributed by atoms with Crippen LogP contribution in [0.5, 0.6) is 0 Å². The van der Waals surface area contributed by atoms with Gasteiger partial charge in [-0.25, -0.2) is 17.6 Å². The van der Waals surface area contributed by atoms with Gasteiger partial charge in [-0.05, 0) is 18.6 Å². The van der Waals surface area contributed by atoms with E-state index in [1.54, 1.807) is 9.47 Å². The van der Waals surface area contributed by atoms with Crippen molar-refractivity contribution in [2.45, 2.75) is 43.9 Å².